The van der Waals surface area contributed by atoms with Gasteiger partial charge in [-0.25, -0.2) is 0 Å². The average molecular weight is 277 g/mol. The second-order valence-electron chi connectivity index (χ2n) is 2.69. The molecule has 0 bridgehead atoms. The number of hydrogen-bond donors (Lipinski definition) is 2. The van der Waals surface area contributed by atoms with Crippen molar-refractivity contribution in [2.45, 2.75) is 21.5 Å². The third kappa shape index (κ3) is 2.51. The minimum absolute atomic E-state index is 0.0641. The van der Waals surface area contributed by atoms with Gasteiger partial charge in [0.2, 0.25) is 0 Å². The molecule has 0 saturated carbocycles. The molecule has 0 radical (unpaired) electrons. The monoisotopic (exact) mass is 276 g/mol. The lowest BCUT2D eigenvalue weighted by Gasteiger charge is -2.10. The van der Waals surface area contributed by atoms with Crippen LogP contribution in [0.2, 0.25) is 0 Å². The van der Waals surface area contributed by atoms with Gasteiger partial charge in [0.05, 0.1) is 4.83 Å². The van der Waals surface area contributed by atoms with Crippen LogP contribution in [-0.4, -0.2) is 5.78 Å². The minimum Gasteiger partial charge on any atom is -0.298 e. The zero-order chi connectivity index (χ0) is 10.0. The number of thiol groups is 2. The fourth-order valence-corrected chi connectivity index (χ4v) is 2.02. The van der Waals surface area contributed by atoms with Gasteiger partial charge in [-0.2, -0.15) is 0 Å². The van der Waals surface area contributed by atoms with E-state index in [-0.39, 0.29) is 10.6 Å². The molecule has 4 heteroatoms. The number of alkyl halides is 1. The Labute approximate surface area is 96.9 Å². The lowest BCUT2D eigenvalue weighted by Crippen LogP contribution is -2.02. The number of ketones is 1. The quantitative estimate of drug-likeness (QED) is 0.626. The van der Waals surface area contributed by atoms with Crippen LogP contribution in [-0.2, 0) is 4.79 Å². The Hall–Kier alpha value is 0.0700. The van der Waals surface area contributed by atoms with Crippen molar-refractivity contribution in [2.75, 3.05) is 0 Å². The van der Waals surface area contributed by atoms with E-state index < -0.39 is 0 Å². The van der Waals surface area contributed by atoms with Crippen LogP contribution in [0, 0.1) is 0 Å². The summed E-state index contributed by atoms with van der Waals surface area (Å²) in [6, 6.07) is 5.56. The van der Waals surface area contributed by atoms with Gasteiger partial charge in [0, 0.05) is 9.79 Å². The zero-order valence-electron chi connectivity index (χ0n) is 6.99. The maximum absolute atomic E-state index is 11.1. The van der Waals surface area contributed by atoms with Crippen LogP contribution in [0.1, 0.15) is 17.3 Å². The lowest BCUT2D eigenvalue weighted by atomic mass is 10.1. The van der Waals surface area contributed by atoms with E-state index in [1.807, 2.05) is 18.2 Å². The van der Waals surface area contributed by atoms with Crippen molar-refractivity contribution in [1.29, 1.82) is 0 Å². The third-order valence-electron chi connectivity index (χ3n) is 1.68. The highest BCUT2D eigenvalue weighted by atomic mass is 79.9. The fraction of sp³-hybridized carbons (Fsp3) is 0.222. The summed E-state index contributed by atoms with van der Waals surface area (Å²) in [5, 5.41) is 0. The molecular weight excluding hydrogens is 268 g/mol. The molecular formula is C9H9BrOS2. The maximum atomic E-state index is 11.1. The van der Waals surface area contributed by atoms with E-state index in [4.69, 9.17) is 0 Å². The Bertz CT molecular complexity index is 338. The topological polar surface area (TPSA) is 17.1 Å². The van der Waals surface area contributed by atoms with Crippen LogP contribution >= 0.6 is 41.2 Å². The molecule has 70 valence electrons. The summed E-state index contributed by atoms with van der Waals surface area (Å²) in [4.78, 5) is 12.4. The first kappa shape index (κ1) is 11.1. The Balaban J connectivity index is 3.15. The maximum Gasteiger partial charge on any atom is 0.147 e. The first-order valence-electron chi connectivity index (χ1n) is 3.69. The van der Waals surface area contributed by atoms with Crippen molar-refractivity contribution in [3.8, 4) is 0 Å². The number of carbonyl (C=O) groups is 1. The van der Waals surface area contributed by atoms with Crippen molar-refractivity contribution in [3.05, 3.63) is 23.8 Å². The van der Waals surface area contributed by atoms with Crippen molar-refractivity contribution < 1.29 is 4.79 Å². The molecule has 0 fully saturated rings. The largest absolute Gasteiger partial charge is 0.298 e. The number of halogens is 1. The Morgan fingerprint density at radius 2 is 2.08 bits per heavy atom. The van der Waals surface area contributed by atoms with Gasteiger partial charge in [-0.1, -0.05) is 28.1 Å². The van der Waals surface area contributed by atoms with Gasteiger partial charge in [-0.15, -0.1) is 25.3 Å². The molecule has 0 aromatic heterocycles. The van der Waals surface area contributed by atoms with Crippen molar-refractivity contribution in [1.82, 2.24) is 0 Å². The Morgan fingerprint density at radius 1 is 1.46 bits per heavy atom. The van der Waals surface area contributed by atoms with Gasteiger partial charge in [0.15, 0.2) is 0 Å². The normalized spacial score (nSPS) is 12.6. The highest BCUT2D eigenvalue weighted by molar-refractivity contribution is 9.09. The number of rotatable bonds is 2. The number of benzene rings is 1. The Kier molecular flexibility index (Phi) is 3.88. The van der Waals surface area contributed by atoms with Gasteiger partial charge in [0.1, 0.15) is 5.78 Å². The van der Waals surface area contributed by atoms with Crippen molar-refractivity contribution >= 4 is 47.0 Å². The second-order valence-corrected chi connectivity index (χ2v) is 4.53. The summed E-state index contributed by atoms with van der Waals surface area (Å²) in [6.45, 7) is 1.54. The van der Waals surface area contributed by atoms with Gasteiger partial charge >= 0.3 is 0 Å². The highest BCUT2D eigenvalue weighted by Crippen LogP contribution is 2.32. The van der Waals surface area contributed by atoms with Crippen molar-refractivity contribution in [2.24, 2.45) is 0 Å². The van der Waals surface area contributed by atoms with Crippen LogP contribution in [0.4, 0.5) is 0 Å². The third-order valence-corrected chi connectivity index (χ3v) is 3.86. The van der Waals surface area contributed by atoms with E-state index in [2.05, 4.69) is 41.2 Å². The summed E-state index contributed by atoms with van der Waals surface area (Å²) >= 11 is 11.8. The van der Waals surface area contributed by atoms with Crippen LogP contribution in [0.5, 0.6) is 0 Å². The molecule has 0 aliphatic carbocycles. The summed E-state index contributed by atoms with van der Waals surface area (Å²) in [6.07, 6.45) is 0. The van der Waals surface area contributed by atoms with E-state index in [1.165, 1.54) is 6.92 Å². The van der Waals surface area contributed by atoms with Crippen LogP contribution in [0.15, 0.2) is 28.0 Å². The molecule has 1 unspecified atom stereocenters. The van der Waals surface area contributed by atoms with Gasteiger partial charge in [0.25, 0.3) is 0 Å². The smallest absolute Gasteiger partial charge is 0.147 e. The molecule has 0 saturated heterocycles. The molecule has 1 aromatic rings. The van der Waals surface area contributed by atoms with Crippen LogP contribution in [0.25, 0.3) is 0 Å². The zero-order valence-corrected chi connectivity index (χ0v) is 10.4. The molecule has 0 aliphatic heterocycles. The number of carbonyl (C=O) groups excluding carboxylic acids is 1. The van der Waals surface area contributed by atoms with E-state index in [0.717, 1.165) is 15.4 Å². The molecule has 0 heterocycles. The first-order valence-corrected chi connectivity index (χ1v) is 5.50. The average Bonchev–Trinajstić information content (AvgIpc) is 2.08. The molecule has 0 aliphatic rings. The van der Waals surface area contributed by atoms with Crippen molar-refractivity contribution in [3.63, 3.8) is 0 Å². The predicted molar refractivity (Wildman–Crippen MR) is 63.3 cm³/mol. The van der Waals surface area contributed by atoms with Gasteiger partial charge in [-0.05, 0) is 18.6 Å². The molecule has 1 atom stereocenters. The minimum atomic E-state index is -0.285. The van der Waals surface area contributed by atoms with E-state index in [1.54, 1.807) is 0 Å². The second kappa shape index (κ2) is 4.53. The molecule has 1 rings (SSSR count). The van der Waals surface area contributed by atoms with Gasteiger partial charge in [-0.3, -0.25) is 4.79 Å². The van der Waals surface area contributed by atoms with E-state index in [9.17, 15) is 4.79 Å². The van der Waals surface area contributed by atoms with Gasteiger partial charge < -0.3 is 0 Å². The standard InChI is InChI=1S/C9H9BrOS2/c1-5(11)8(10)6-3-2-4-7(12)9(6)13/h2-4,8,12-13H,1H3. The number of hydrogen-bond acceptors (Lipinski definition) is 3. The van der Waals surface area contributed by atoms with Crippen LogP contribution in [0.3, 0.4) is 0 Å². The molecule has 1 nitrogen and oxygen atoms in total. The molecule has 0 spiro atoms. The van der Waals surface area contributed by atoms with Crippen LogP contribution < -0.4 is 0 Å². The summed E-state index contributed by atoms with van der Waals surface area (Å²) in [5.41, 5.74) is 0.864. The number of Topliss-reactive ketones (excluding diaryl/α,β-unsaturated/α-hetero) is 1. The van der Waals surface area contributed by atoms with E-state index >= 15 is 0 Å². The summed E-state index contributed by atoms with van der Waals surface area (Å²) in [5.74, 6) is 0.0641. The molecule has 0 amide bonds. The summed E-state index contributed by atoms with van der Waals surface area (Å²) < 4.78 is 0. The lowest BCUT2D eigenvalue weighted by molar-refractivity contribution is -0.116. The fourth-order valence-electron chi connectivity index (χ4n) is 0.972. The highest BCUT2D eigenvalue weighted by Gasteiger charge is 2.15. The predicted octanol–water partition coefficient (Wildman–Crippen LogP) is 3.29. The Morgan fingerprint density at radius 3 is 2.62 bits per heavy atom. The molecule has 13 heavy (non-hydrogen) atoms. The molecule has 0 N–H and O–H groups in total. The first-order chi connectivity index (χ1) is 6.04. The summed E-state index contributed by atoms with van der Waals surface area (Å²) in [7, 11) is 0. The van der Waals surface area contributed by atoms with E-state index in [0.29, 0.717) is 0 Å². The SMILES string of the molecule is CC(=O)C(Br)c1cccc(S)c1S. The molecule has 1 aromatic carbocycles.